The Balaban J connectivity index is 0.00000441. The Kier molecular flexibility index (Phi) is 8.37. The van der Waals surface area contributed by atoms with Gasteiger partial charge >= 0.3 is 0 Å². The summed E-state index contributed by atoms with van der Waals surface area (Å²) in [6.45, 7) is 4.53. The number of rotatable bonds is 6. The van der Waals surface area contributed by atoms with Crippen molar-refractivity contribution in [2.75, 3.05) is 13.6 Å². The number of carbonyl (C=O) groups excluding carboxylic acids is 1. The van der Waals surface area contributed by atoms with Crippen molar-refractivity contribution in [1.82, 2.24) is 4.90 Å². The molecule has 8 heteroatoms. The van der Waals surface area contributed by atoms with Crippen LogP contribution in [0.4, 0.5) is 5.69 Å². The number of hydrogen-bond acceptors (Lipinski definition) is 4. The standard InChI is InChI=1S/C14H20ClN3O3.ClH/c1-9(2)13(16)4-5-17(3)14(19)10-6-11(15)8-12(7-10)18(20)21;/h6-9,13H,4-5,16H2,1-3H3;1H. The van der Waals surface area contributed by atoms with E-state index in [1.807, 2.05) is 13.8 Å². The molecule has 22 heavy (non-hydrogen) atoms. The Morgan fingerprint density at radius 2 is 2.00 bits per heavy atom. The van der Waals surface area contributed by atoms with E-state index in [1.165, 1.54) is 23.1 Å². The molecule has 0 heterocycles. The molecule has 0 saturated carbocycles. The minimum absolute atomic E-state index is 0. The lowest BCUT2D eigenvalue weighted by atomic mass is 10.0. The van der Waals surface area contributed by atoms with Crippen LogP contribution in [0.5, 0.6) is 0 Å². The number of benzene rings is 1. The number of nitrogens with two attached hydrogens (primary N) is 1. The van der Waals surface area contributed by atoms with Crippen molar-refractivity contribution in [3.63, 3.8) is 0 Å². The van der Waals surface area contributed by atoms with Gasteiger partial charge in [0.2, 0.25) is 0 Å². The van der Waals surface area contributed by atoms with E-state index >= 15 is 0 Å². The van der Waals surface area contributed by atoms with E-state index in [0.717, 1.165) is 0 Å². The van der Waals surface area contributed by atoms with Gasteiger partial charge in [0, 0.05) is 42.4 Å². The van der Waals surface area contributed by atoms with Gasteiger partial charge in [-0.05, 0) is 18.4 Å². The number of nitro benzene ring substituents is 1. The Hall–Kier alpha value is -1.37. The molecule has 1 rings (SSSR count). The monoisotopic (exact) mass is 349 g/mol. The summed E-state index contributed by atoms with van der Waals surface area (Å²) in [5.41, 5.74) is 5.95. The van der Waals surface area contributed by atoms with Gasteiger partial charge in [-0.3, -0.25) is 14.9 Å². The first-order valence-electron chi connectivity index (χ1n) is 6.68. The Morgan fingerprint density at radius 3 is 2.50 bits per heavy atom. The zero-order valence-electron chi connectivity index (χ0n) is 12.8. The summed E-state index contributed by atoms with van der Waals surface area (Å²) in [5.74, 6) is 0.0253. The smallest absolute Gasteiger partial charge is 0.271 e. The van der Waals surface area contributed by atoms with Crippen LogP contribution in [0.25, 0.3) is 0 Å². The summed E-state index contributed by atoms with van der Waals surface area (Å²) in [6.07, 6.45) is 0.669. The van der Waals surface area contributed by atoms with Crippen molar-refractivity contribution in [3.05, 3.63) is 38.9 Å². The molecule has 0 aliphatic heterocycles. The van der Waals surface area contributed by atoms with E-state index in [9.17, 15) is 14.9 Å². The molecule has 6 nitrogen and oxygen atoms in total. The third-order valence-corrected chi connectivity index (χ3v) is 3.56. The van der Waals surface area contributed by atoms with Crippen molar-refractivity contribution in [2.24, 2.45) is 11.7 Å². The zero-order chi connectivity index (χ0) is 16.2. The van der Waals surface area contributed by atoms with E-state index in [1.54, 1.807) is 7.05 Å². The molecular weight excluding hydrogens is 329 g/mol. The number of amides is 1. The predicted molar refractivity (Wildman–Crippen MR) is 89.7 cm³/mol. The van der Waals surface area contributed by atoms with Crippen molar-refractivity contribution < 1.29 is 9.72 Å². The molecule has 0 aliphatic rings. The quantitative estimate of drug-likeness (QED) is 0.630. The number of halogens is 2. The van der Waals surface area contributed by atoms with E-state index in [-0.39, 0.29) is 40.6 Å². The maximum Gasteiger partial charge on any atom is 0.271 e. The molecule has 0 radical (unpaired) electrons. The highest BCUT2D eigenvalue weighted by molar-refractivity contribution is 6.31. The SMILES string of the molecule is CC(C)C(N)CCN(C)C(=O)c1cc(Cl)cc([N+](=O)[O-])c1.Cl. The molecule has 1 amide bonds. The van der Waals surface area contributed by atoms with Gasteiger partial charge in [-0.2, -0.15) is 0 Å². The summed E-state index contributed by atoms with van der Waals surface area (Å²) in [7, 11) is 1.64. The van der Waals surface area contributed by atoms with Gasteiger partial charge in [0.1, 0.15) is 0 Å². The van der Waals surface area contributed by atoms with Crippen LogP contribution in [0, 0.1) is 16.0 Å². The Labute approximate surface area is 141 Å². The van der Waals surface area contributed by atoms with Gasteiger partial charge in [-0.25, -0.2) is 0 Å². The molecule has 1 aromatic carbocycles. The van der Waals surface area contributed by atoms with Gasteiger partial charge in [0.25, 0.3) is 11.6 Å². The van der Waals surface area contributed by atoms with Crippen LogP contribution in [-0.2, 0) is 0 Å². The maximum absolute atomic E-state index is 12.3. The number of nitrogens with zero attached hydrogens (tertiary/aromatic N) is 2. The fraction of sp³-hybridized carbons (Fsp3) is 0.500. The number of nitro groups is 1. The molecule has 2 N–H and O–H groups in total. The van der Waals surface area contributed by atoms with E-state index in [4.69, 9.17) is 17.3 Å². The predicted octanol–water partition coefficient (Wildman–Crippen LogP) is 3.12. The molecule has 0 aromatic heterocycles. The van der Waals surface area contributed by atoms with Crippen LogP contribution in [0.1, 0.15) is 30.6 Å². The molecule has 0 spiro atoms. The summed E-state index contributed by atoms with van der Waals surface area (Å²) in [5, 5.41) is 11.0. The molecule has 0 aliphatic carbocycles. The Bertz CT molecular complexity index is 538. The van der Waals surface area contributed by atoms with E-state index in [2.05, 4.69) is 0 Å². The second-order valence-corrected chi connectivity index (χ2v) is 5.81. The number of hydrogen-bond donors (Lipinski definition) is 1. The first-order chi connectivity index (χ1) is 9.72. The number of carbonyl (C=O) groups is 1. The van der Waals surface area contributed by atoms with Crippen LogP contribution in [-0.4, -0.2) is 35.4 Å². The van der Waals surface area contributed by atoms with Crippen LogP contribution >= 0.6 is 24.0 Å². The molecule has 0 fully saturated rings. The van der Waals surface area contributed by atoms with Crippen LogP contribution < -0.4 is 5.73 Å². The second kappa shape index (κ2) is 8.92. The summed E-state index contributed by atoms with van der Waals surface area (Å²) in [4.78, 5) is 24.0. The van der Waals surface area contributed by atoms with Crippen LogP contribution in [0.3, 0.4) is 0 Å². The fourth-order valence-corrected chi connectivity index (χ4v) is 2.03. The molecule has 1 atom stereocenters. The highest BCUT2D eigenvalue weighted by atomic mass is 35.5. The van der Waals surface area contributed by atoms with Crippen molar-refractivity contribution in [1.29, 1.82) is 0 Å². The van der Waals surface area contributed by atoms with Gasteiger partial charge in [0.05, 0.1) is 4.92 Å². The minimum Gasteiger partial charge on any atom is -0.342 e. The lowest BCUT2D eigenvalue weighted by Crippen LogP contribution is -2.34. The summed E-state index contributed by atoms with van der Waals surface area (Å²) < 4.78 is 0. The van der Waals surface area contributed by atoms with Crippen LogP contribution in [0.15, 0.2) is 18.2 Å². The van der Waals surface area contributed by atoms with Gasteiger partial charge in [-0.1, -0.05) is 25.4 Å². The average molecular weight is 350 g/mol. The molecule has 1 unspecified atom stereocenters. The zero-order valence-corrected chi connectivity index (χ0v) is 14.4. The number of non-ortho nitro benzene ring substituents is 1. The summed E-state index contributed by atoms with van der Waals surface area (Å²) >= 11 is 5.82. The largest absolute Gasteiger partial charge is 0.342 e. The van der Waals surface area contributed by atoms with E-state index in [0.29, 0.717) is 18.9 Å². The first kappa shape index (κ1) is 20.6. The normalized spacial score (nSPS) is 11.7. The maximum atomic E-state index is 12.3. The topological polar surface area (TPSA) is 89.5 Å². The lowest BCUT2D eigenvalue weighted by molar-refractivity contribution is -0.384. The Morgan fingerprint density at radius 1 is 1.41 bits per heavy atom. The minimum atomic E-state index is -0.572. The molecule has 124 valence electrons. The van der Waals surface area contributed by atoms with Crippen LogP contribution in [0.2, 0.25) is 5.02 Å². The molecule has 0 saturated heterocycles. The third kappa shape index (κ3) is 5.79. The summed E-state index contributed by atoms with van der Waals surface area (Å²) in [6, 6.07) is 3.88. The molecular formula is C14H21Cl2N3O3. The molecule has 1 aromatic rings. The lowest BCUT2D eigenvalue weighted by Gasteiger charge is -2.21. The van der Waals surface area contributed by atoms with Crippen molar-refractivity contribution >= 4 is 35.6 Å². The first-order valence-corrected chi connectivity index (χ1v) is 7.06. The van der Waals surface area contributed by atoms with Crippen molar-refractivity contribution in [3.8, 4) is 0 Å². The van der Waals surface area contributed by atoms with Crippen molar-refractivity contribution in [2.45, 2.75) is 26.3 Å². The second-order valence-electron chi connectivity index (χ2n) is 5.38. The average Bonchev–Trinajstić information content (AvgIpc) is 2.42. The highest BCUT2D eigenvalue weighted by Gasteiger charge is 2.18. The van der Waals surface area contributed by atoms with E-state index < -0.39 is 4.92 Å². The molecule has 0 bridgehead atoms. The third-order valence-electron chi connectivity index (χ3n) is 3.34. The van der Waals surface area contributed by atoms with Gasteiger partial charge in [-0.15, -0.1) is 12.4 Å². The fourth-order valence-electron chi connectivity index (χ4n) is 1.80. The van der Waals surface area contributed by atoms with Gasteiger partial charge < -0.3 is 10.6 Å². The van der Waals surface area contributed by atoms with Gasteiger partial charge in [0.15, 0.2) is 0 Å². The highest BCUT2D eigenvalue weighted by Crippen LogP contribution is 2.21.